The average molecular weight is 306 g/mol. The van der Waals surface area contributed by atoms with Gasteiger partial charge in [0.25, 0.3) is 0 Å². The number of esters is 1. The van der Waals surface area contributed by atoms with Crippen LogP contribution < -0.4 is 4.74 Å². The van der Waals surface area contributed by atoms with Crippen molar-refractivity contribution in [2.45, 2.75) is 44.4 Å². The molecular weight excluding hydrogens is 280 g/mol. The van der Waals surface area contributed by atoms with E-state index in [1.807, 2.05) is 13.0 Å². The minimum absolute atomic E-state index is 0.125. The standard InChI is InChI=1S/C18H26O4/c1-6-22-15-8-7-13(17(2,3)12-20-4)11-14(15)18(9-10-18)16(19)21-5/h7-8,11H,6,9-10,12H2,1-5H3. The van der Waals surface area contributed by atoms with Crippen LogP contribution in [0.25, 0.3) is 0 Å². The second kappa shape index (κ2) is 6.29. The Labute approximate surface area is 132 Å². The molecule has 1 saturated carbocycles. The van der Waals surface area contributed by atoms with E-state index < -0.39 is 5.41 Å². The van der Waals surface area contributed by atoms with E-state index in [1.165, 1.54) is 7.11 Å². The van der Waals surface area contributed by atoms with Crippen molar-refractivity contribution in [2.24, 2.45) is 0 Å². The van der Waals surface area contributed by atoms with E-state index in [0.717, 1.165) is 29.7 Å². The maximum Gasteiger partial charge on any atom is 0.316 e. The van der Waals surface area contributed by atoms with E-state index in [1.54, 1.807) is 7.11 Å². The highest BCUT2D eigenvalue weighted by molar-refractivity contribution is 5.87. The Morgan fingerprint density at radius 2 is 1.95 bits per heavy atom. The summed E-state index contributed by atoms with van der Waals surface area (Å²) < 4.78 is 16.1. The molecule has 1 fully saturated rings. The minimum atomic E-state index is -0.529. The molecule has 22 heavy (non-hydrogen) atoms. The Balaban J connectivity index is 2.48. The highest BCUT2D eigenvalue weighted by Crippen LogP contribution is 2.53. The topological polar surface area (TPSA) is 44.8 Å². The molecule has 4 nitrogen and oxygen atoms in total. The lowest BCUT2D eigenvalue weighted by Crippen LogP contribution is -2.26. The Bertz CT molecular complexity index is 544. The lowest BCUT2D eigenvalue weighted by atomic mass is 9.82. The number of carbonyl (C=O) groups excluding carboxylic acids is 1. The molecule has 122 valence electrons. The fourth-order valence-corrected chi connectivity index (χ4v) is 2.95. The quantitative estimate of drug-likeness (QED) is 0.726. The molecule has 1 aliphatic carbocycles. The molecule has 0 spiro atoms. The number of methoxy groups -OCH3 is 2. The van der Waals surface area contributed by atoms with Gasteiger partial charge in [0.2, 0.25) is 0 Å². The van der Waals surface area contributed by atoms with Gasteiger partial charge in [-0.25, -0.2) is 0 Å². The Morgan fingerprint density at radius 1 is 1.27 bits per heavy atom. The van der Waals surface area contributed by atoms with Crippen LogP contribution in [0.4, 0.5) is 0 Å². The first-order valence-corrected chi connectivity index (χ1v) is 7.76. The molecule has 2 rings (SSSR count). The van der Waals surface area contributed by atoms with Gasteiger partial charge in [0.05, 0.1) is 25.7 Å². The predicted molar refractivity (Wildman–Crippen MR) is 85.4 cm³/mol. The number of hydrogen-bond acceptors (Lipinski definition) is 4. The zero-order chi connectivity index (χ0) is 16.4. The molecular formula is C18H26O4. The van der Waals surface area contributed by atoms with Crippen LogP contribution in [0.2, 0.25) is 0 Å². The molecule has 0 amide bonds. The maximum absolute atomic E-state index is 12.2. The van der Waals surface area contributed by atoms with E-state index in [-0.39, 0.29) is 11.4 Å². The summed E-state index contributed by atoms with van der Waals surface area (Å²) in [7, 11) is 3.15. The molecule has 0 saturated heterocycles. The molecule has 1 aromatic carbocycles. The molecule has 0 bridgehead atoms. The fraction of sp³-hybridized carbons (Fsp3) is 0.611. The summed E-state index contributed by atoms with van der Waals surface area (Å²) in [4.78, 5) is 12.2. The number of hydrogen-bond donors (Lipinski definition) is 0. The van der Waals surface area contributed by atoms with Gasteiger partial charge in [-0.15, -0.1) is 0 Å². The Morgan fingerprint density at radius 3 is 2.45 bits per heavy atom. The van der Waals surface area contributed by atoms with Gasteiger partial charge in [-0.3, -0.25) is 4.79 Å². The average Bonchev–Trinajstić information content (AvgIpc) is 3.28. The van der Waals surface area contributed by atoms with Gasteiger partial charge in [-0.1, -0.05) is 26.0 Å². The summed E-state index contributed by atoms with van der Waals surface area (Å²) >= 11 is 0. The van der Waals surface area contributed by atoms with Crippen molar-refractivity contribution in [1.29, 1.82) is 0 Å². The second-order valence-electron chi connectivity index (χ2n) is 6.53. The summed E-state index contributed by atoms with van der Waals surface area (Å²) in [6, 6.07) is 6.11. The molecule has 0 atom stereocenters. The number of carbonyl (C=O) groups is 1. The van der Waals surface area contributed by atoms with Crippen LogP contribution in [0.5, 0.6) is 5.75 Å². The second-order valence-corrected chi connectivity index (χ2v) is 6.53. The van der Waals surface area contributed by atoms with E-state index in [2.05, 4.69) is 26.0 Å². The van der Waals surface area contributed by atoms with Gasteiger partial charge >= 0.3 is 5.97 Å². The van der Waals surface area contributed by atoms with E-state index >= 15 is 0 Å². The third-order valence-corrected chi connectivity index (χ3v) is 4.41. The molecule has 0 N–H and O–H groups in total. The normalized spacial score (nSPS) is 16.2. The first kappa shape index (κ1) is 16.8. The van der Waals surface area contributed by atoms with Crippen molar-refractivity contribution >= 4 is 5.97 Å². The number of benzene rings is 1. The molecule has 4 heteroatoms. The van der Waals surface area contributed by atoms with Gasteiger partial charge in [-0.05, 0) is 31.4 Å². The van der Waals surface area contributed by atoms with Crippen molar-refractivity contribution in [1.82, 2.24) is 0 Å². The van der Waals surface area contributed by atoms with E-state index in [4.69, 9.17) is 14.2 Å². The summed E-state index contributed by atoms with van der Waals surface area (Å²) in [5, 5.41) is 0. The summed E-state index contributed by atoms with van der Waals surface area (Å²) in [5.74, 6) is 0.609. The number of rotatable bonds is 7. The largest absolute Gasteiger partial charge is 0.494 e. The van der Waals surface area contributed by atoms with Gasteiger partial charge in [0.1, 0.15) is 5.75 Å². The predicted octanol–water partition coefficient (Wildman–Crippen LogP) is 3.21. The first-order chi connectivity index (χ1) is 10.4. The minimum Gasteiger partial charge on any atom is -0.494 e. The van der Waals surface area contributed by atoms with Crippen molar-refractivity contribution in [3.8, 4) is 5.75 Å². The molecule has 1 aliphatic rings. The monoisotopic (exact) mass is 306 g/mol. The van der Waals surface area contributed by atoms with Gasteiger partial charge in [0, 0.05) is 18.1 Å². The van der Waals surface area contributed by atoms with Crippen LogP contribution in [0, 0.1) is 0 Å². The van der Waals surface area contributed by atoms with Crippen LogP contribution in [0.1, 0.15) is 44.7 Å². The Kier molecular flexibility index (Phi) is 4.81. The fourth-order valence-electron chi connectivity index (χ4n) is 2.95. The van der Waals surface area contributed by atoms with Crippen LogP contribution >= 0.6 is 0 Å². The summed E-state index contributed by atoms with van der Waals surface area (Å²) in [6.07, 6.45) is 1.63. The first-order valence-electron chi connectivity index (χ1n) is 7.76. The van der Waals surface area contributed by atoms with Crippen LogP contribution in [-0.2, 0) is 25.1 Å². The maximum atomic E-state index is 12.2. The van der Waals surface area contributed by atoms with Crippen molar-refractivity contribution < 1.29 is 19.0 Å². The highest BCUT2D eigenvalue weighted by atomic mass is 16.5. The smallest absolute Gasteiger partial charge is 0.316 e. The molecule has 0 aromatic heterocycles. The lowest BCUT2D eigenvalue weighted by molar-refractivity contribution is -0.143. The Hall–Kier alpha value is -1.55. The lowest BCUT2D eigenvalue weighted by Gasteiger charge is -2.27. The van der Waals surface area contributed by atoms with Crippen LogP contribution in [0.3, 0.4) is 0 Å². The third-order valence-electron chi connectivity index (χ3n) is 4.41. The van der Waals surface area contributed by atoms with Crippen molar-refractivity contribution in [3.63, 3.8) is 0 Å². The molecule has 0 aliphatic heterocycles. The van der Waals surface area contributed by atoms with E-state index in [0.29, 0.717) is 13.2 Å². The van der Waals surface area contributed by atoms with Gasteiger partial charge in [0.15, 0.2) is 0 Å². The zero-order valence-electron chi connectivity index (χ0n) is 14.2. The molecule has 0 unspecified atom stereocenters. The SMILES string of the molecule is CCOc1ccc(C(C)(C)COC)cc1C1(C(=O)OC)CC1. The van der Waals surface area contributed by atoms with Crippen molar-refractivity contribution in [3.05, 3.63) is 29.3 Å². The third kappa shape index (κ3) is 2.98. The summed E-state index contributed by atoms with van der Waals surface area (Å²) in [5.41, 5.74) is 1.43. The zero-order valence-corrected chi connectivity index (χ0v) is 14.2. The summed E-state index contributed by atoms with van der Waals surface area (Å²) in [6.45, 7) is 7.41. The molecule has 0 heterocycles. The van der Waals surface area contributed by atoms with Gasteiger partial charge < -0.3 is 14.2 Å². The van der Waals surface area contributed by atoms with E-state index in [9.17, 15) is 4.79 Å². The molecule has 1 aromatic rings. The van der Waals surface area contributed by atoms with Crippen molar-refractivity contribution in [2.75, 3.05) is 27.4 Å². The number of ether oxygens (including phenoxy) is 3. The van der Waals surface area contributed by atoms with Crippen LogP contribution in [-0.4, -0.2) is 33.4 Å². The van der Waals surface area contributed by atoms with Gasteiger partial charge in [-0.2, -0.15) is 0 Å². The molecule has 0 radical (unpaired) electrons. The van der Waals surface area contributed by atoms with Crippen LogP contribution in [0.15, 0.2) is 18.2 Å². The highest BCUT2D eigenvalue weighted by Gasteiger charge is 2.54.